The number of halogens is 4. The Morgan fingerprint density at radius 3 is 2.30 bits per heavy atom. The number of aliphatic hydroxyl groups excluding tert-OH is 1. The van der Waals surface area contributed by atoms with Crippen LogP contribution in [0.3, 0.4) is 0 Å². The fraction of sp³-hybridized carbons (Fsp3) is 0.941. The first-order valence-corrected chi connectivity index (χ1v) is 9.19. The fourth-order valence-electron chi connectivity index (χ4n) is 3.27. The quantitative estimate of drug-likeness (QED) is 0.291. The van der Waals surface area contributed by atoms with Crippen molar-refractivity contribution in [1.82, 2.24) is 0 Å². The van der Waals surface area contributed by atoms with E-state index in [-0.39, 0.29) is 31.8 Å². The zero-order chi connectivity index (χ0) is 19.9. The summed E-state index contributed by atoms with van der Waals surface area (Å²) >= 11 is 0. The molecular weight excluding hydrogens is 376 g/mol. The maximum Gasteiger partial charge on any atom is 0.440 e. The second-order valence-corrected chi connectivity index (χ2v) is 6.95. The maximum absolute atomic E-state index is 12.2. The molecule has 1 unspecified atom stereocenters. The Balaban J connectivity index is 1.63. The molecule has 2 rings (SSSR count). The summed E-state index contributed by atoms with van der Waals surface area (Å²) in [7, 11) is 0. The molecule has 0 bridgehead atoms. The SMILES string of the molecule is O=C(OC1COC(OC(O)C(F)(F)F)OC1)C1CCC(CCCCF)CC1. The van der Waals surface area contributed by atoms with Crippen molar-refractivity contribution in [2.24, 2.45) is 11.8 Å². The number of carbonyl (C=O) groups excluding carboxylic acids is 1. The zero-order valence-electron chi connectivity index (χ0n) is 15.0. The molecule has 2 fully saturated rings. The van der Waals surface area contributed by atoms with Gasteiger partial charge in [-0.05, 0) is 38.0 Å². The molecule has 0 aromatic heterocycles. The topological polar surface area (TPSA) is 74.2 Å². The smallest absolute Gasteiger partial charge is 0.440 e. The van der Waals surface area contributed by atoms with Gasteiger partial charge in [-0.15, -0.1) is 0 Å². The number of hydrogen-bond donors (Lipinski definition) is 1. The first kappa shape index (κ1) is 22.3. The largest absolute Gasteiger partial charge is 0.457 e. The predicted octanol–water partition coefficient (Wildman–Crippen LogP) is 3.07. The summed E-state index contributed by atoms with van der Waals surface area (Å²) in [5, 5.41) is 8.80. The number of hydrogen-bond acceptors (Lipinski definition) is 6. The van der Waals surface area contributed by atoms with E-state index in [1.807, 2.05) is 0 Å². The standard InChI is InChI=1S/C17H26F4O6/c18-8-2-1-3-11-4-6-12(7-5-11)14(22)26-13-9-24-16(25-10-13)27-15(23)17(19,20)21/h11-13,15-16,23H,1-10H2. The van der Waals surface area contributed by atoms with Crippen molar-refractivity contribution in [2.75, 3.05) is 19.9 Å². The minimum Gasteiger partial charge on any atom is -0.457 e. The van der Waals surface area contributed by atoms with Gasteiger partial charge in [0.05, 0.1) is 25.8 Å². The van der Waals surface area contributed by atoms with Crippen LogP contribution in [0.5, 0.6) is 0 Å². The first-order valence-electron chi connectivity index (χ1n) is 9.19. The minimum absolute atomic E-state index is 0.181. The van der Waals surface area contributed by atoms with Crippen LogP contribution in [0.25, 0.3) is 0 Å². The second kappa shape index (κ2) is 10.5. The molecule has 1 aliphatic carbocycles. The van der Waals surface area contributed by atoms with Crippen LogP contribution in [-0.2, 0) is 23.7 Å². The summed E-state index contributed by atoms with van der Waals surface area (Å²) in [6, 6.07) is 0. The van der Waals surface area contributed by atoms with Gasteiger partial charge in [-0.3, -0.25) is 13.9 Å². The first-order chi connectivity index (χ1) is 12.8. The molecule has 0 spiro atoms. The van der Waals surface area contributed by atoms with E-state index in [2.05, 4.69) is 4.74 Å². The van der Waals surface area contributed by atoms with E-state index in [9.17, 15) is 22.4 Å². The molecular formula is C17H26F4O6. The van der Waals surface area contributed by atoms with E-state index in [1.54, 1.807) is 0 Å². The van der Waals surface area contributed by atoms with Gasteiger partial charge < -0.3 is 19.3 Å². The highest BCUT2D eigenvalue weighted by Gasteiger charge is 2.42. The molecule has 10 heteroatoms. The molecule has 1 saturated carbocycles. The molecule has 0 aromatic rings. The van der Waals surface area contributed by atoms with Gasteiger partial charge in [0, 0.05) is 0 Å². The van der Waals surface area contributed by atoms with Crippen molar-refractivity contribution < 1.29 is 46.4 Å². The number of rotatable bonds is 8. The van der Waals surface area contributed by atoms with Crippen LogP contribution in [0.4, 0.5) is 17.6 Å². The lowest BCUT2D eigenvalue weighted by atomic mass is 9.80. The highest BCUT2D eigenvalue weighted by molar-refractivity contribution is 5.72. The van der Waals surface area contributed by atoms with E-state index in [0.717, 1.165) is 25.7 Å². The number of alkyl halides is 4. The highest BCUT2D eigenvalue weighted by atomic mass is 19.4. The zero-order valence-corrected chi connectivity index (χ0v) is 15.0. The number of unbranched alkanes of at least 4 members (excludes halogenated alkanes) is 1. The monoisotopic (exact) mass is 402 g/mol. The fourth-order valence-corrected chi connectivity index (χ4v) is 3.27. The summed E-state index contributed by atoms with van der Waals surface area (Å²) in [4.78, 5) is 12.2. The normalized spacial score (nSPS) is 30.7. The highest BCUT2D eigenvalue weighted by Crippen LogP contribution is 2.33. The van der Waals surface area contributed by atoms with Crippen LogP contribution >= 0.6 is 0 Å². The Bertz CT molecular complexity index is 445. The van der Waals surface area contributed by atoms with Gasteiger partial charge in [-0.2, -0.15) is 13.2 Å². The molecule has 1 aliphatic heterocycles. The molecule has 1 heterocycles. The molecule has 0 aromatic carbocycles. The van der Waals surface area contributed by atoms with E-state index in [0.29, 0.717) is 25.2 Å². The van der Waals surface area contributed by atoms with Crippen LogP contribution in [0.1, 0.15) is 44.9 Å². The number of aliphatic hydroxyl groups is 1. The average Bonchev–Trinajstić information content (AvgIpc) is 2.63. The minimum atomic E-state index is -4.94. The molecule has 0 amide bonds. The molecule has 0 radical (unpaired) electrons. The summed E-state index contributed by atoms with van der Waals surface area (Å²) in [6.45, 7) is -2.33. The maximum atomic E-state index is 12.2. The van der Waals surface area contributed by atoms with E-state index in [4.69, 9.17) is 19.3 Å². The van der Waals surface area contributed by atoms with Gasteiger partial charge in [0.15, 0.2) is 0 Å². The number of carbonyl (C=O) groups is 1. The third kappa shape index (κ3) is 7.52. The van der Waals surface area contributed by atoms with Crippen LogP contribution in [-0.4, -0.2) is 56.0 Å². The summed E-state index contributed by atoms with van der Waals surface area (Å²) < 4.78 is 68.0. The van der Waals surface area contributed by atoms with E-state index >= 15 is 0 Å². The molecule has 1 saturated heterocycles. The molecule has 1 N–H and O–H groups in total. The Morgan fingerprint density at radius 2 is 1.74 bits per heavy atom. The molecule has 27 heavy (non-hydrogen) atoms. The van der Waals surface area contributed by atoms with Crippen LogP contribution in [0.2, 0.25) is 0 Å². The Kier molecular flexibility index (Phi) is 8.71. The Labute approximate surface area is 155 Å². The average molecular weight is 402 g/mol. The predicted molar refractivity (Wildman–Crippen MR) is 84.0 cm³/mol. The van der Waals surface area contributed by atoms with E-state index < -0.39 is 25.0 Å². The molecule has 2 aliphatic rings. The van der Waals surface area contributed by atoms with E-state index in [1.165, 1.54) is 0 Å². The lowest BCUT2D eigenvalue weighted by Crippen LogP contribution is -2.44. The third-order valence-electron chi connectivity index (χ3n) is 4.82. The van der Waals surface area contributed by atoms with Crippen molar-refractivity contribution in [3.05, 3.63) is 0 Å². The van der Waals surface area contributed by atoms with Crippen LogP contribution in [0, 0.1) is 11.8 Å². The Morgan fingerprint density at radius 1 is 1.11 bits per heavy atom. The van der Waals surface area contributed by atoms with Crippen molar-refractivity contribution >= 4 is 5.97 Å². The second-order valence-electron chi connectivity index (χ2n) is 6.95. The number of ether oxygens (including phenoxy) is 4. The number of esters is 1. The van der Waals surface area contributed by atoms with Gasteiger partial charge in [0.25, 0.3) is 12.8 Å². The lowest BCUT2D eigenvalue weighted by molar-refractivity contribution is -0.405. The third-order valence-corrected chi connectivity index (χ3v) is 4.82. The van der Waals surface area contributed by atoms with Gasteiger partial charge in [0.1, 0.15) is 6.10 Å². The van der Waals surface area contributed by atoms with Crippen molar-refractivity contribution in [2.45, 2.75) is 70.0 Å². The Hall–Kier alpha value is -0.970. The molecule has 158 valence electrons. The molecule has 6 nitrogen and oxygen atoms in total. The molecule has 1 atom stereocenters. The van der Waals surface area contributed by atoms with Crippen LogP contribution < -0.4 is 0 Å². The lowest BCUT2D eigenvalue weighted by Gasteiger charge is -2.32. The van der Waals surface area contributed by atoms with Crippen molar-refractivity contribution in [3.63, 3.8) is 0 Å². The van der Waals surface area contributed by atoms with Gasteiger partial charge in [0.2, 0.25) is 0 Å². The van der Waals surface area contributed by atoms with Gasteiger partial charge >= 0.3 is 12.1 Å². The summed E-state index contributed by atoms with van der Waals surface area (Å²) in [5.41, 5.74) is 0. The summed E-state index contributed by atoms with van der Waals surface area (Å²) in [5.74, 6) is -0.0764. The summed E-state index contributed by atoms with van der Waals surface area (Å²) in [6.07, 6.45) is -3.07. The van der Waals surface area contributed by atoms with Crippen molar-refractivity contribution in [1.29, 1.82) is 0 Å². The van der Waals surface area contributed by atoms with Gasteiger partial charge in [-0.1, -0.05) is 12.8 Å². The van der Waals surface area contributed by atoms with Crippen molar-refractivity contribution in [3.8, 4) is 0 Å². The van der Waals surface area contributed by atoms with Gasteiger partial charge in [-0.25, -0.2) is 0 Å². The van der Waals surface area contributed by atoms with Crippen LogP contribution in [0.15, 0.2) is 0 Å².